The van der Waals surface area contributed by atoms with E-state index in [9.17, 15) is 26.4 Å². The number of alkyl halides is 3. The molecule has 6 nitrogen and oxygen atoms in total. The van der Waals surface area contributed by atoms with E-state index in [0.717, 1.165) is 17.2 Å². The van der Waals surface area contributed by atoms with E-state index in [-0.39, 0.29) is 23.3 Å². The first-order chi connectivity index (χ1) is 9.97. The van der Waals surface area contributed by atoms with E-state index in [1.54, 1.807) is 0 Å². The number of hydrogen-bond donors (Lipinski definition) is 1. The van der Waals surface area contributed by atoms with E-state index in [2.05, 4.69) is 20.9 Å². The highest BCUT2D eigenvalue weighted by atomic mass is 79.9. The first kappa shape index (κ1) is 17.2. The molecule has 0 aliphatic carbocycles. The van der Waals surface area contributed by atoms with Gasteiger partial charge >= 0.3 is 6.18 Å². The predicted octanol–water partition coefficient (Wildman–Crippen LogP) is 1.50. The molecule has 1 unspecified atom stereocenters. The Morgan fingerprint density at radius 3 is 2.64 bits per heavy atom. The van der Waals surface area contributed by atoms with Crippen molar-refractivity contribution in [2.24, 2.45) is 11.1 Å². The summed E-state index contributed by atoms with van der Waals surface area (Å²) >= 11 is 2.76. The highest BCUT2D eigenvalue weighted by Gasteiger charge is 2.37. The number of carbonyl (C=O) groups excluding carboxylic acids is 1. The number of halogens is 4. The lowest BCUT2D eigenvalue weighted by Crippen LogP contribution is -2.28. The molecule has 22 heavy (non-hydrogen) atoms. The van der Waals surface area contributed by atoms with Crippen molar-refractivity contribution in [3.8, 4) is 0 Å². The zero-order valence-electron chi connectivity index (χ0n) is 11.0. The molecule has 1 aliphatic rings. The molecule has 1 saturated heterocycles. The Hall–Kier alpha value is -1.20. The SMILES string of the molecule is NS(=O)(=O)CC1CC(=O)N(c2cc(C(F)(F)F)c(Br)cn2)C1. The van der Waals surface area contributed by atoms with E-state index in [0.29, 0.717) is 0 Å². The van der Waals surface area contributed by atoms with Gasteiger partial charge in [0.15, 0.2) is 0 Å². The average Bonchev–Trinajstić information content (AvgIpc) is 2.66. The van der Waals surface area contributed by atoms with Gasteiger partial charge in [-0.05, 0) is 22.0 Å². The molecule has 1 aliphatic heterocycles. The van der Waals surface area contributed by atoms with Gasteiger partial charge in [0.05, 0.1) is 11.3 Å². The van der Waals surface area contributed by atoms with Crippen molar-refractivity contribution in [3.05, 3.63) is 22.3 Å². The van der Waals surface area contributed by atoms with E-state index >= 15 is 0 Å². The van der Waals surface area contributed by atoms with Crippen LogP contribution in [0.25, 0.3) is 0 Å². The topological polar surface area (TPSA) is 93.4 Å². The fourth-order valence-electron chi connectivity index (χ4n) is 2.24. The Balaban J connectivity index is 2.28. The number of hydrogen-bond acceptors (Lipinski definition) is 4. The summed E-state index contributed by atoms with van der Waals surface area (Å²) in [6.07, 6.45) is -3.74. The lowest BCUT2D eigenvalue weighted by Gasteiger charge is -2.18. The highest BCUT2D eigenvalue weighted by Crippen LogP contribution is 2.37. The van der Waals surface area contributed by atoms with Crippen molar-refractivity contribution in [1.82, 2.24) is 4.98 Å². The lowest BCUT2D eigenvalue weighted by molar-refractivity contribution is -0.138. The zero-order chi connectivity index (χ0) is 16.7. The molecule has 1 aromatic rings. The number of carbonyl (C=O) groups is 1. The molecule has 0 bridgehead atoms. The van der Waals surface area contributed by atoms with Crippen molar-refractivity contribution in [2.45, 2.75) is 12.6 Å². The summed E-state index contributed by atoms with van der Waals surface area (Å²) in [6.45, 7) is -0.0405. The fraction of sp³-hybridized carbons (Fsp3) is 0.455. The summed E-state index contributed by atoms with van der Waals surface area (Å²) in [5.41, 5.74) is -0.958. The molecule has 122 valence electrons. The number of primary sulfonamides is 1. The minimum Gasteiger partial charge on any atom is -0.296 e. The third-order valence-corrected chi connectivity index (χ3v) is 4.66. The number of aromatic nitrogens is 1. The molecule has 0 radical (unpaired) electrons. The normalized spacial score (nSPS) is 19.8. The van der Waals surface area contributed by atoms with Gasteiger partial charge in [-0.3, -0.25) is 9.69 Å². The van der Waals surface area contributed by atoms with Crippen LogP contribution in [0.4, 0.5) is 19.0 Å². The zero-order valence-corrected chi connectivity index (χ0v) is 13.4. The summed E-state index contributed by atoms with van der Waals surface area (Å²) < 4.78 is 60.4. The van der Waals surface area contributed by atoms with Crippen LogP contribution in [-0.2, 0) is 21.0 Å². The molecule has 11 heteroatoms. The minimum absolute atomic E-state index is 0.0405. The van der Waals surface area contributed by atoms with Gasteiger partial charge in [0.2, 0.25) is 15.9 Å². The number of nitrogens with zero attached hydrogens (tertiary/aromatic N) is 2. The van der Waals surface area contributed by atoms with Crippen LogP contribution in [0.1, 0.15) is 12.0 Å². The quantitative estimate of drug-likeness (QED) is 0.830. The van der Waals surface area contributed by atoms with Crippen LogP contribution in [0.15, 0.2) is 16.7 Å². The van der Waals surface area contributed by atoms with Crippen LogP contribution >= 0.6 is 15.9 Å². The minimum atomic E-state index is -4.60. The molecule has 1 fully saturated rings. The summed E-state index contributed by atoms with van der Waals surface area (Å²) in [5, 5.41) is 4.92. The van der Waals surface area contributed by atoms with Gasteiger partial charge < -0.3 is 0 Å². The Morgan fingerprint density at radius 2 is 2.09 bits per heavy atom. The maximum absolute atomic E-state index is 12.9. The van der Waals surface area contributed by atoms with Crippen LogP contribution in [0, 0.1) is 5.92 Å². The fourth-order valence-corrected chi connectivity index (χ4v) is 3.56. The van der Waals surface area contributed by atoms with Crippen LogP contribution in [0.3, 0.4) is 0 Å². The van der Waals surface area contributed by atoms with E-state index in [4.69, 9.17) is 5.14 Å². The molecule has 0 aromatic carbocycles. The third-order valence-electron chi connectivity index (χ3n) is 3.10. The largest absolute Gasteiger partial charge is 0.417 e. The van der Waals surface area contributed by atoms with E-state index < -0.39 is 39.3 Å². The molecular weight excluding hydrogens is 391 g/mol. The van der Waals surface area contributed by atoms with Crippen LogP contribution in [-0.4, -0.2) is 31.6 Å². The van der Waals surface area contributed by atoms with Crippen molar-refractivity contribution in [2.75, 3.05) is 17.2 Å². The second-order valence-electron chi connectivity index (χ2n) is 4.92. The number of anilines is 1. The Labute approximate surface area is 132 Å². The molecule has 1 aromatic heterocycles. The number of sulfonamides is 1. The van der Waals surface area contributed by atoms with Gasteiger partial charge in [0.1, 0.15) is 5.82 Å². The first-order valence-electron chi connectivity index (χ1n) is 6.01. The summed E-state index contributed by atoms with van der Waals surface area (Å²) in [4.78, 5) is 16.7. The maximum atomic E-state index is 12.9. The lowest BCUT2D eigenvalue weighted by atomic mass is 10.1. The number of nitrogens with two attached hydrogens (primary N) is 1. The van der Waals surface area contributed by atoms with Crippen molar-refractivity contribution in [3.63, 3.8) is 0 Å². The molecular formula is C11H11BrF3N3O3S. The van der Waals surface area contributed by atoms with Crippen molar-refractivity contribution in [1.29, 1.82) is 0 Å². The maximum Gasteiger partial charge on any atom is 0.417 e. The van der Waals surface area contributed by atoms with Gasteiger partial charge in [-0.25, -0.2) is 18.5 Å². The average molecular weight is 402 g/mol. The molecule has 2 N–H and O–H groups in total. The van der Waals surface area contributed by atoms with Gasteiger partial charge in [0, 0.05) is 29.6 Å². The van der Waals surface area contributed by atoms with Crippen molar-refractivity contribution >= 4 is 37.7 Å². The Kier molecular flexibility index (Phi) is 4.51. The number of amides is 1. The standard InChI is InChI=1S/C11H11BrF3N3O3S/c12-8-3-17-9(2-7(8)11(13,14)15)18-4-6(1-10(18)19)5-22(16,20)21/h2-3,6H,1,4-5H2,(H2,16,20,21). The first-order valence-corrected chi connectivity index (χ1v) is 8.52. The molecule has 2 heterocycles. The molecule has 0 saturated carbocycles. The van der Waals surface area contributed by atoms with Crippen LogP contribution in [0.5, 0.6) is 0 Å². The van der Waals surface area contributed by atoms with Gasteiger partial charge in [0.25, 0.3) is 0 Å². The van der Waals surface area contributed by atoms with E-state index in [1.165, 1.54) is 0 Å². The van der Waals surface area contributed by atoms with Gasteiger partial charge in [-0.1, -0.05) is 0 Å². The van der Waals surface area contributed by atoms with Crippen LogP contribution < -0.4 is 10.0 Å². The van der Waals surface area contributed by atoms with Crippen molar-refractivity contribution < 1.29 is 26.4 Å². The summed E-state index contributed by atoms with van der Waals surface area (Å²) in [7, 11) is -3.76. The van der Waals surface area contributed by atoms with Crippen LogP contribution in [0.2, 0.25) is 0 Å². The smallest absolute Gasteiger partial charge is 0.296 e. The molecule has 1 atom stereocenters. The highest BCUT2D eigenvalue weighted by molar-refractivity contribution is 9.10. The second kappa shape index (κ2) is 5.78. The third kappa shape index (κ3) is 3.96. The monoisotopic (exact) mass is 401 g/mol. The summed E-state index contributed by atoms with van der Waals surface area (Å²) in [5.74, 6) is -1.63. The number of pyridine rings is 1. The summed E-state index contributed by atoms with van der Waals surface area (Å²) in [6, 6.07) is 0.751. The molecule has 1 amide bonds. The predicted molar refractivity (Wildman–Crippen MR) is 75.4 cm³/mol. The van der Waals surface area contributed by atoms with E-state index in [1.807, 2.05) is 0 Å². The Bertz CT molecular complexity index is 708. The number of rotatable bonds is 3. The van der Waals surface area contributed by atoms with Gasteiger partial charge in [-0.2, -0.15) is 13.2 Å². The molecule has 0 spiro atoms. The second-order valence-corrected chi connectivity index (χ2v) is 7.44. The molecule has 2 rings (SSSR count). The Morgan fingerprint density at radius 1 is 1.45 bits per heavy atom. The van der Waals surface area contributed by atoms with Gasteiger partial charge in [-0.15, -0.1) is 0 Å².